The Morgan fingerprint density at radius 2 is 2.12 bits per heavy atom. The molecule has 17 heavy (non-hydrogen) atoms. The Morgan fingerprint density at radius 1 is 1.35 bits per heavy atom. The van der Waals surface area contributed by atoms with Crippen molar-refractivity contribution < 1.29 is 13.6 Å². The molecular weight excluding hydrogens is 230 g/mol. The van der Waals surface area contributed by atoms with Gasteiger partial charge in [-0.05, 0) is 12.1 Å². The fraction of sp³-hybridized carbons (Fsp3) is 0.300. The van der Waals surface area contributed by atoms with Gasteiger partial charge >= 0.3 is 0 Å². The first-order valence-electron chi connectivity index (χ1n) is 5.09. The Balaban J connectivity index is 2.00. The molecule has 0 bridgehead atoms. The molecule has 2 rings (SSSR count). The normalized spacial score (nSPS) is 23.7. The number of amides is 1. The second kappa shape index (κ2) is 4.74. The van der Waals surface area contributed by atoms with Crippen molar-refractivity contribution in [2.75, 3.05) is 5.32 Å². The molecule has 2 atom stereocenters. The number of hydrogen-bond acceptors (Lipinski definition) is 4. The van der Waals surface area contributed by atoms with Crippen LogP contribution < -0.4 is 21.9 Å². The molecule has 0 aromatic heterocycles. The quantitative estimate of drug-likeness (QED) is 0.591. The molecule has 1 heterocycles. The monoisotopic (exact) mass is 242 g/mol. The van der Waals surface area contributed by atoms with Crippen molar-refractivity contribution in [1.82, 2.24) is 10.9 Å². The average Bonchev–Trinajstić information content (AvgIpc) is 2.70. The third-order valence-electron chi connectivity index (χ3n) is 2.44. The van der Waals surface area contributed by atoms with E-state index in [4.69, 9.17) is 5.73 Å². The number of nitrogens with two attached hydrogens (primary N) is 1. The SMILES string of the molecule is NC1CC(C(=O)Nc2ccc(F)c(F)c2)NN1. The van der Waals surface area contributed by atoms with Crippen LogP contribution in [0.25, 0.3) is 0 Å². The third-order valence-corrected chi connectivity index (χ3v) is 2.44. The Hall–Kier alpha value is -1.57. The van der Waals surface area contributed by atoms with E-state index in [0.717, 1.165) is 12.1 Å². The van der Waals surface area contributed by atoms with Gasteiger partial charge < -0.3 is 11.1 Å². The summed E-state index contributed by atoms with van der Waals surface area (Å²) in [5, 5.41) is 2.47. The largest absolute Gasteiger partial charge is 0.325 e. The number of hydrazine groups is 1. The van der Waals surface area contributed by atoms with Crippen molar-refractivity contribution >= 4 is 11.6 Å². The number of hydrogen-bond donors (Lipinski definition) is 4. The van der Waals surface area contributed by atoms with E-state index in [1.807, 2.05) is 0 Å². The second-order valence-electron chi connectivity index (χ2n) is 3.80. The van der Waals surface area contributed by atoms with Crippen molar-refractivity contribution in [1.29, 1.82) is 0 Å². The van der Waals surface area contributed by atoms with Crippen molar-refractivity contribution in [2.24, 2.45) is 5.73 Å². The molecule has 5 N–H and O–H groups in total. The first-order valence-corrected chi connectivity index (χ1v) is 5.09. The Bertz CT molecular complexity index is 440. The lowest BCUT2D eigenvalue weighted by molar-refractivity contribution is -0.117. The van der Waals surface area contributed by atoms with Gasteiger partial charge in [0.1, 0.15) is 6.04 Å². The molecule has 0 radical (unpaired) electrons. The summed E-state index contributed by atoms with van der Waals surface area (Å²) in [6.45, 7) is 0. The summed E-state index contributed by atoms with van der Waals surface area (Å²) in [6.07, 6.45) is 0.130. The summed E-state index contributed by atoms with van der Waals surface area (Å²) in [7, 11) is 0. The highest BCUT2D eigenvalue weighted by Gasteiger charge is 2.26. The smallest absolute Gasteiger partial charge is 0.242 e. The third kappa shape index (κ3) is 2.76. The summed E-state index contributed by atoms with van der Waals surface area (Å²) >= 11 is 0. The van der Waals surface area contributed by atoms with Gasteiger partial charge in [-0.25, -0.2) is 19.6 Å². The van der Waals surface area contributed by atoms with Crippen LogP contribution in [0.5, 0.6) is 0 Å². The molecule has 1 amide bonds. The van der Waals surface area contributed by atoms with Gasteiger partial charge in [0, 0.05) is 18.2 Å². The fourth-order valence-electron chi connectivity index (χ4n) is 1.56. The lowest BCUT2D eigenvalue weighted by Crippen LogP contribution is -2.41. The number of nitrogens with one attached hydrogen (secondary N) is 3. The minimum absolute atomic E-state index is 0.205. The Morgan fingerprint density at radius 3 is 2.71 bits per heavy atom. The van der Waals surface area contributed by atoms with E-state index < -0.39 is 17.7 Å². The zero-order valence-corrected chi connectivity index (χ0v) is 8.84. The molecule has 0 aliphatic carbocycles. The maximum atomic E-state index is 12.9. The maximum absolute atomic E-state index is 12.9. The zero-order valence-electron chi connectivity index (χ0n) is 8.84. The first kappa shape index (κ1) is 11.9. The zero-order chi connectivity index (χ0) is 12.4. The average molecular weight is 242 g/mol. The van der Waals surface area contributed by atoms with Crippen LogP contribution in [-0.4, -0.2) is 18.1 Å². The molecule has 5 nitrogen and oxygen atoms in total. The summed E-state index contributed by atoms with van der Waals surface area (Å²) in [5.74, 6) is -2.31. The molecular formula is C10H12F2N4O. The molecule has 2 unspecified atom stereocenters. The molecule has 1 aliphatic heterocycles. The van der Waals surface area contributed by atoms with Gasteiger partial charge in [0.2, 0.25) is 5.91 Å². The van der Waals surface area contributed by atoms with Crippen molar-refractivity contribution in [3.05, 3.63) is 29.8 Å². The first-order chi connectivity index (χ1) is 8.06. The topological polar surface area (TPSA) is 79.2 Å². The van der Waals surface area contributed by atoms with Crippen LogP contribution in [0.2, 0.25) is 0 Å². The summed E-state index contributed by atoms with van der Waals surface area (Å²) in [5.41, 5.74) is 11.1. The fourth-order valence-corrected chi connectivity index (χ4v) is 1.56. The highest BCUT2D eigenvalue weighted by molar-refractivity contribution is 5.95. The van der Waals surface area contributed by atoms with E-state index >= 15 is 0 Å². The van der Waals surface area contributed by atoms with Gasteiger partial charge in [0.05, 0.1) is 6.17 Å². The highest BCUT2D eigenvalue weighted by Crippen LogP contribution is 2.14. The van der Waals surface area contributed by atoms with E-state index in [1.54, 1.807) is 0 Å². The van der Waals surface area contributed by atoms with Crippen LogP contribution in [0.3, 0.4) is 0 Å². The van der Waals surface area contributed by atoms with Crippen LogP contribution in [0, 0.1) is 11.6 Å². The van der Waals surface area contributed by atoms with Crippen LogP contribution in [0.1, 0.15) is 6.42 Å². The van der Waals surface area contributed by atoms with Gasteiger partial charge in [0.25, 0.3) is 0 Å². The molecule has 1 aromatic rings. The molecule has 0 spiro atoms. The van der Waals surface area contributed by atoms with Gasteiger partial charge in [-0.1, -0.05) is 0 Å². The van der Waals surface area contributed by atoms with Crippen LogP contribution in [0.15, 0.2) is 18.2 Å². The summed E-state index contributed by atoms with van der Waals surface area (Å²) in [4.78, 5) is 11.7. The van der Waals surface area contributed by atoms with Gasteiger partial charge in [-0.3, -0.25) is 4.79 Å². The summed E-state index contributed by atoms with van der Waals surface area (Å²) < 4.78 is 25.6. The molecule has 0 saturated carbocycles. The Kier molecular flexibility index (Phi) is 3.32. The number of benzene rings is 1. The van der Waals surface area contributed by atoms with Crippen LogP contribution in [0.4, 0.5) is 14.5 Å². The number of carbonyl (C=O) groups is 1. The predicted octanol–water partition coefficient (Wildman–Crippen LogP) is 0.0546. The van der Waals surface area contributed by atoms with Crippen LogP contribution >= 0.6 is 0 Å². The predicted molar refractivity (Wildman–Crippen MR) is 57.6 cm³/mol. The maximum Gasteiger partial charge on any atom is 0.242 e. The number of rotatable bonds is 2. The van der Waals surface area contributed by atoms with Crippen molar-refractivity contribution in [3.63, 3.8) is 0 Å². The molecule has 7 heteroatoms. The standard InChI is InChI=1S/C10H12F2N4O/c11-6-2-1-5(3-7(6)12)14-10(17)8-4-9(13)16-15-8/h1-3,8-9,15-16H,4,13H2,(H,14,17). The van der Waals surface area contributed by atoms with E-state index in [2.05, 4.69) is 16.2 Å². The second-order valence-corrected chi connectivity index (χ2v) is 3.80. The highest BCUT2D eigenvalue weighted by atomic mass is 19.2. The van der Waals surface area contributed by atoms with Crippen molar-refractivity contribution in [2.45, 2.75) is 18.6 Å². The Labute approximate surface area is 96.3 Å². The molecule has 1 fully saturated rings. The molecule has 1 aromatic carbocycles. The minimum Gasteiger partial charge on any atom is -0.325 e. The summed E-state index contributed by atoms with van der Waals surface area (Å²) in [6, 6.07) is 2.68. The van der Waals surface area contributed by atoms with E-state index in [1.165, 1.54) is 6.07 Å². The van der Waals surface area contributed by atoms with E-state index in [-0.39, 0.29) is 17.8 Å². The number of anilines is 1. The van der Waals surface area contributed by atoms with E-state index in [0.29, 0.717) is 6.42 Å². The van der Waals surface area contributed by atoms with Gasteiger partial charge in [0.15, 0.2) is 11.6 Å². The van der Waals surface area contributed by atoms with Crippen molar-refractivity contribution in [3.8, 4) is 0 Å². The lowest BCUT2D eigenvalue weighted by atomic mass is 10.2. The molecule has 1 aliphatic rings. The lowest BCUT2D eigenvalue weighted by Gasteiger charge is -2.10. The molecule has 92 valence electrons. The van der Waals surface area contributed by atoms with Gasteiger partial charge in [-0.15, -0.1) is 0 Å². The van der Waals surface area contributed by atoms with Gasteiger partial charge in [-0.2, -0.15) is 0 Å². The number of halogens is 2. The van der Waals surface area contributed by atoms with Crippen LogP contribution in [-0.2, 0) is 4.79 Å². The van der Waals surface area contributed by atoms with E-state index in [9.17, 15) is 13.6 Å². The number of carbonyl (C=O) groups excluding carboxylic acids is 1. The molecule has 1 saturated heterocycles. The minimum atomic E-state index is -1.00.